The second-order valence-corrected chi connectivity index (χ2v) is 6.88. The molecule has 1 aliphatic carbocycles. The fourth-order valence-corrected chi connectivity index (χ4v) is 3.33. The van der Waals surface area contributed by atoms with E-state index in [0.717, 1.165) is 48.8 Å². The topological polar surface area (TPSA) is 47.4 Å². The molecule has 24 heavy (non-hydrogen) atoms. The molecule has 1 saturated carbocycles. The number of aryl methyl sites for hydroxylation is 1. The maximum atomic E-state index is 12.9. The van der Waals surface area contributed by atoms with E-state index in [1.807, 2.05) is 48.6 Å². The van der Waals surface area contributed by atoms with Crippen LogP contribution in [0, 0.1) is 5.92 Å². The molecule has 5 heteroatoms. The third-order valence-corrected chi connectivity index (χ3v) is 4.91. The van der Waals surface area contributed by atoms with Crippen LogP contribution in [0.15, 0.2) is 36.7 Å². The number of ether oxygens (including phenoxy) is 1. The van der Waals surface area contributed by atoms with Crippen molar-refractivity contribution in [1.29, 1.82) is 0 Å². The van der Waals surface area contributed by atoms with Gasteiger partial charge in [0.05, 0.1) is 18.8 Å². The number of aromatic nitrogens is 2. The summed E-state index contributed by atoms with van der Waals surface area (Å²) in [7, 11) is 1.91. The van der Waals surface area contributed by atoms with E-state index in [1.54, 1.807) is 4.68 Å². The van der Waals surface area contributed by atoms with E-state index in [-0.39, 0.29) is 11.9 Å². The zero-order valence-electron chi connectivity index (χ0n) is 14.0. The Bertz CT molecular complexity index is 718. The average Bonchev–Trinajstić information content (AvgIpc) is 3.12. The zero-order chi connectivity index (χ0) is 16.5. The van der Waals surface area contributed by atoms with Gasteiger partial charge in [-0.3, -0.25) is 9.48 Å². The van der Waals surface area contributed by atoms with Crippen LogP contribution in [0.25, 0.3) is 0 Å². The van der Waals surface area contributed by atoms with Crippen LogP contribution in [0.5, 0.6) is 5.75 Å². The van der Waals surface area contributed by atoms with Crippen molar-refractivity contribution in [1.82, 2.24) is 14.7 Å². The SMILES string of the molecule is Cn1cc([C@@H]2CCCN2C(=O)c2ccc(OCC3CC3)cc2)cn1. The lowest BCUT2D eigenvalue weighted by Crippen LogP contribution is -2.30. The quantitative estimate of drug-likeness (QED) is 0.848. The molecule has 1 aromatic carbocycles. The molecule has 0 bridgehead atoms. The molecule has 2 aliphatic rings. The fraction of sp³-hybridized carbons (Fsp3) is 0.474. The lowest BCUT2D eigenvalue weighted by Gasteiger charge is -2.24. The van der Waals surface area contributed by atoms with Crippen LogP contribution < -0.4 is 4.74 Å². The molecular weight excluding hydrogens is 302 g/mol. The number of nitrogens with zero attached hydrogens (tertiary/aromatic N) is 3. The van der Waals surface area contributed by atoms with Crippen molar-refractivity contribution in [2.24, 2.45) is 13.0 Å². The fourth-order valence-electron chi connectivity index (χ4n) is 3.33. The Labute approximate surface area is 142 Å². The first-order valence-electron chi connectivity index (χ1n) is 8.73. The van der Waals surface area contributed by atoms with E-state index in [2.05, 4.69) is 5.10 Å². The molecule has 0 radical (unpaired) electrons. The van der Waals surface area contributed by atoms with E-state index in [9.17, 15) is 4.79 Å². The van der Waals surface area contributed by atoms with Crippen molar-refractivity contribution in [3.05, 3.63) is 47.8 Å². The maximum absolute atomic E-state index is 12.9. The van der Waals surface area contributed by atoms with Crippen LogP contribution in [0.4, 0.5) is 0 Å². The first-order chi connectivity index (χ1) is 11.7. The Morgan fingerprint density at radius 3 is 2.71 bits per heavy atom. The summed E-state index contributed by atoms with van der Waals surface area (Å²) in [6, 6.07) is 7.71. The summed E-state index contributed by atoms with van der Waals surface area (Å²) in [6.45, 7) is 1.60. The standard InChI is InChI=1S/C19H23N3O2/c1-21-12-16(11-20-21)18-3-2-10-22(18)19(23)15-6-8-17(9-7-15)24-13-14-4-5-14/h6-9,11-12,14,18H,2-5,10,13H2,1H3/t18-/m0/s1. The summed E-state index contributed by atoms with van der Waals surface area (Å²) >= 11 is 0. The minimum absolute atomic E-state index is 0.0927. The number of rotatable bonds is 5. The number of likely N-dealkylation sites (tertiary alicyclic amines) is 1. The van der Waals surface area contributed by atoms with Crippen molar-refractivity contribution < 1.29 is 9.53 Å². The van der Waals surface area contributed by atoms with Crippen molar-refractivity contribution in [3.63, 3.8) is 0 Å². The number of hydrogen-bond acceptors (Lipinski definition) is 3. The number of amides is 1. The highest BCUT2D eigenvalue weighted by Gasteiger charge is 2.31. The van der Waals surface area contributed by atoms with E-state index in [0.29, 0.717) is 0 Å². The van der Waals surface area contributed by atoms with Gasteiger partial charge in [0.15, 0.2) is 0 Å². The highest BCUT2D eigenvalue weighted by Crippen LogP contribution is 2.33. The third kappa shape index (κ3) is 3.16. The van der Waals surface area contributed by atoms with Crippen molar-refractivity contribution in [3.8, 4) is 5.75 Å². The molecule has 2 fully saturated rings. The Morgan fingerprint density at radius 1 is 1.25 bits per heavy atom. The lowest BCUT2D eigenvalue weighted by atomic mass is 10.1. The molecule has 1 aliphatic heterocycles. The molecular formula is C19H23N3O2. The van der Waals surface area contributed by atoms with E-state index in [1.165, 1.54) is 12.8 Å². The molecule has 0 unspecified atom stereocenters. The van der Waals surface area contributed by atoms with Crippen molar-refractivity contribution in [2.45, 2.75) is 31.7 Å². The largest absolute Gasteiger partial charge is 0.493 e. The van der Waals surface area contributed by atoms with Gasteiger partial charge in [-0.15, -0.1) is 0 Å². The molecule has 1 saturated heterocycles. The van der Waals surface area contributed by atoms with Gasteiger partial charge >= 0.3 is 0 Å². The first kappa shape index (κ1) is 15.2. The van der Waals surface area contributed by atoms with Crippen molar-refractivity contribution in [2.75, 3.05) is 13.2 Å². The predicted molar refractivity (Wildman–Crippen MR) is 90.9 cm³/mol. The van der Waals surface area contributed by atoms with Crippen molar-refractivity contribution >= 4 is 5.91 Å². The smallest absolute Gasteiger partial charge is 0.254 e. The van der Waals surface area contributed by atoms with Gasteiger partial charge in [0, 0.05) is 30.9 Å². The van der Waals surface area contributed by atoms with Gasteiger partial charge in [-0.05, 0) is 55.9 Å². The molecule has 2 aromatic rings. The normalized spacial score (nSPS) is 20.4. The van der Waals surface area contributed by atoms with Crippen LogP contribution >= 0.6 is 0 Å². The summed E-state index contributed by atoms with van der Waals surface area (Å²) in [5, 5.41) is 4.24. The van der Waals surface area contributed by atoms with Gasteiger partial charge in [-0.2, -0.15) is 5.10 Å². The van der Waals surface area contributed by atoms with Gasteiger partial charge in [0.2, 0.25) is 0 Å². The Hall–Kier alpha value is -2.30. The minimum Gasteiger partial charge on any atom is -0.493 e. The van der Waals surface area contributed by atoms with E-state index in [4.69, 9.17) is 4.74 Å². The number of carbonyl (C=O) groups excluding carboxylic acids is 1. The van der Waals surface area contributed by atoms with Crippen LogP contribution in [0.1, 0.15) is 47.6 Å². The molecule has 4 rings (SSSR count). The Balaban J connectivity index is 1.45. The predicted octanol–water partition coefficient (Wildman–Crippen LogP) is 3.19. The first-order valence-corrected chi connectivity index (χ1v) is 8.73. The number of benzene rings is 1. The summed E-state index contributed by atoms with van der Waals surface area (Å²) < 4.78 is 7.54. The van der Waals surface area contributed by atoms with E-state index >= 15 is 0 Å². The van der Waals surface area contributed by atoms with Gasteiger partial charge in [-0.25, -0.2) is 0 Å². The van der Waals surface area contributed by atoms with Crippen LogP contribution in [-0.4, -0.2) is 33.7 Å². The third-order valence-electron chi connectivity index (χ3n) is 4.91. The van der Waals surface area contributed by atoms with Crippen LogP contribution in [0.3, 0.4) is 0 Å². The molecule has 2 heterocycles. The molecule has 1 atom stereocenters. The van der Waals surface area contributed by atoms with Gasteiger partial charge < -0.3 is 9.64 Å². The molecule has 0 spiro atoms. The lowest BCUT2D eigenvalue weighted by molar-refractivity contribution is 0.0735. The molecule has 1 aromatic heterocycles. The van der Waals surface area contributed by atoms with Crippen LogP contribution in [0.2, 0.25) is 0 Å². The highest BCUT2D eigenvalue weighted by atomic mass is 16.5. The van der Waals surface area contributed by atoms with Gasteiger partial charge in [0.1, 0.15) is 5.75 Å². The van der Waals surface area contributed by atoms with E-state index < -0.39 is 0 Å². The number of carbonyl (C=O) groups is 1. The van der Waals surface area contributed by atoms with Gasteiger partial charge in [-0.1, -0.05) is 0 Å². The second-order valence-electron chi connectivity index (χ2n) is 6.88. The summed E-state index contributed by atoms with van der Waals surface area (Å²) in [4.78, 5) is 14.9. The second kappa shape index (κ2) is 6.30. The Morgan fingerprint density at radius 2 is 2.04 bits per heavy atom. The molecule has 126 valence electrons. The van der Waals surface area contributed by atoms with Crippen LogP contribution in [-0.2, 0) is 7.05 Å². The summed E-state index contributed by atoms with van der Waals surface area (Å²) in [5.41, 5.74) is 1.84. The molecule has 1 amide bonds. The molecule has 5 nitrogen and oxygen atoms in total. The number of hydrogen-bond donors (Lipinski definition) is 0. The average molecular weight is 325 g/mol. The zero-order valence-corrected chi connectivity index (χ0v) is 14.0. The maximum Gasteiger partial charge on any atom is 0.254 e. The summed E-state index contributed by atoms with van der Waals surface area (Å²) in [6.07, 6.45) is 8.46. The monoisotopic (exact) mass is 325 g/mol. The highest BCUT2D eigenvalue weighted by molar-refractivity contribution is 5.94. The van der Waals surface area contributed by atoms with Gasteiger partial charge in [0.25, 0.3) is 5.91 Å². The minimum atomic E-state index is 0.0927. The molecule has 0 N–H and O–H groups in total. The summed E-state index contributed by atoms with van der Waals surface area (Å²) in [5.74, 6) is 1.68. The Kier molecular flexibility index (Phi) is 4.00.